The maximum Gasteiger partial charge on any atom is 0.339 e. The van der Waals surface area contributed by atoms with Gasteiger partial charge >= 0.3 is 11.9 Å². The molecule has 8 amide bonds. The average Bonchev–Trinajstić information content (AvgIpc) is 1.52. The summed E-state index contributed by atoms with van der Waals surface area (Å²) < 4.78 is 0. The van der Waals surface area contributed by atoms with Crippen molar-refractivity contribution < 1.29 is 73.5 Å². The molecule has 20 N–H and O–H groups in total. The van der Waals surface area contributed by atoms with E-state index in [1.165, 1.54) is 24.3 Å². The second-order valence-corrected chi connectivity index (χ2v) is 27.4. The van der Waals surface area contributed by atoms with Gasteiger partial charge in [-0.05, 0) is 118 Å². The molecule has 0 aliphatic carbocycles. The summed E-state index contributed by atoms with van der Waals surface area (Å²) in [6, 6.07) is 36.6. The van der Waals surface area contributed by atoms with Gasteiger partial charge in [0.15, 0.2) is 0 Å². The smallest absolute Gasteiger partial charge is 0.339 e. The molecule has 0 spiro atoms. The average molecular weight is 1520 g/mol. The van der Waals surface area contributed by atoms with Crippen molar-refractivity contribution in [3.63, 3.8) is 0 Å². The number of primary amides is 1. The Morgan fingerprint density at radius 1 is 0.440 bits per heavy atom. The number of H-pyrrole nitrogens is 2. The number of aromatic amines is 2. The van der Waals surface area contributed by atoms with E-state index in [4.69, 9.17) is 17.2 Å². The minimum absolute atomic E-state index is 0.0396. The van der Waals surface area contributed by atoms with E-state index in [-0.39, 0.29) is 73.5 Å². The van der Waals surface area contributed by atoms with Gasteiger partial charge in [0.05, 0.1) is 6.04 Å². The number of rotatable bonds is 34. The molecule has 0 saturated heterocycles. The molecule has 0 saturated carbocycles. The highest BCUT2D eigenvalue weighted by Crippen LogP contribution is 2.39. The number of carboxylic acids is 2. The molecule has 2 aromatic heterocycles. The summed E-state index contributed by atoms with van der Waals surface area (Å²) in [7, 11) is 0. The quantitative estimate of drug-likeness (QED) is 0.0166. The first-order valence-corrected chi connectivity index (χ1v) is 36.5. The van der Waals surface area contributed by atoms with Crippen LogP contribution in [0.15, 0.2) is 176 Å². The van der Waals surface area contributed by atoms with Gasteiger partial charge in [-0.25, -0.2) is 9.59 Å². The Labute approximate surface area is 637 Å². The first-order valence-electron chi connectivity index (χ1n) is 35.2. The number of benzene rings is 8. The Hall–Kier alpha value is -11.9. The van der Waals surface area contributed by atoms with E-state index in [0.29, 0.717) is 56.6 Å². The Morgan fingerprint density at radius 2 is 0.844 bits per heavy atom. The Kier molecular flexibility index (Phi) is 28.3. The van der Waals surface area contributed by atoms with Crippen LogP contribution in [0, 0.1) is 5.92 Å². The molecule has 0 aliphatic heterocycles. The van der Waals surface area contributed by atoms with Crippen LogP contribution in [0.4, 0.5) is 0 Å². The summed E-state index contributed by atoms with van der Waals surface area (Å²) in [6.45, 7) is 3.64. The molecule has 0 fully saturated rings. The summed E-state index contributed by atoms with van der Waals surface area (Å²) in [5.41, 5.74) is 22.2. The highest BCUT2D eigenvalue weighted by molar-refractivity contribution is 7.80. The molecule has 570 valence electrons. The number of carbonyl (C=O) groups is 10. The number of hydrogen-bond acceptors (Lipinski definition) is 17. The molecular weight excluding hydrogens is 1430 g/mol. The third-order valence-electron chi connectivity index (χ3n) is 18.7. The molecule has 0 bridgehead atoms. The largest absolute Gasteiger partial charge is 0.508 e. The number of para-hydroxylation sites is 2. The number of thiol groups is 2. The van der Waals surface area contributed by atoms with Gasteiger partial charge in [0.2, 0.25) is 47.3 Å². The maximum atomic E-state index is 14.8. The number of nitrogens with one attached hydrogen (secondary N) is 9. The molecule has 10 rings (SSSR count). The van der Waals surface area contributed by atoms with Crippen LogP contribution < -0.4 is 54.4 Å². The zero-order valence-corrected chi connectivity index (χ0v) is 61.5. The van der Waals surface area contributed by atoms with Crippen molar-refractivity contribution >= 4 is 128 Å². The standard InChI is InChI=1S/C57H72N12O9S2.C23H16O6/c1-32(2)49(57(78)68-48(31-80)55(76)64-44(50(60)71)26-35-28-61-41-16-8-6-14-38(35)41)69-52(73)43(18-10-11-23-58)63-54(75)46(27-36-29-62-42-17-9-7-15-39(36)42)66-53(74)45(25-34-19-21-37(70)22-20-34)65-56(77)47(30-79)67-51(72)40(59)24-33-12-4-3-5-13-33;24-20-16(14-7-3-1-5-12(14)9-18(20)22(26)27)11-17-15-8-4-2-6-13(15)10-19(21(17)25)23(28)29/h3-9,12-17,19-22,28-29,32,40,43-49,61-62,70,79-80H,10-11,18,23-27,30-31,58-59H2,1-2H3,(H2,60,71)(H,63,75)(H,64,76)(H,65,77)(H,66,74)(H,67,72)(H,68,78)(H,69,73);1-10,24-25H,11H2,(H,26,27)(H,28,29)/t40-,43+,44+,45+,46-,47+,48+,49+;/m1./s1. The van der Waals surface area contributed by atoms with E-state index < -0.39 is 125 Å². The van der Waals surface area contributed by atoms with Crippen molar-refractivity contribution in [2.24, 2.45) is 23.1 Å². The molecule has 29 heteroatoms. The monoisotopic (exact) mass is 1520 g/mol. The number of carboxylic acid groups (broad SMARTS) is 2. The first-order chi connectivity index (χ1) is 52.3. The number of amides is 8. The summed E-state index contributed by atoms with van der Waals surface area (Å²) in [6.07, 6.45) is 4.31. The van der Waals surface area contributed by atoms with Crippen molar-refractivity contribution in [1.29, 1.82) is 0 Å². The van der Waals surface area contributed by atoms with Gasteiger partial charge in [0.25, 0.3) is 0 Å². The molecule has 2 heterocycles. The third-order valence-corrected chi connectivity index (χ3v) is 19.4. The van der Waals surface area contributed by atoms with Gasteiger partial charge in [-0.3, -0.25) is 38.4 Å². The molecule has 109 heavy (non-hydrogen) atoms. The van der Waals surface area contributed by atoms with Crippen LogP contribution in [0.1, 0.15) is 87.2 Å². The SMILES string of the molecule is CC(C)[C@H](NC(=O)[C@H](CCCCN)NC(=O)[C@@H](Cc1c[nH]c2ccccc12)NC(=O)[C@H](Cc1ccc(O)cc1)NC(=O)[C@H](CS)NC(=O)[C@H](N)Cc1ccccc1)C(=O)N[C@@H](CS)C(=O)N[C@@H](Cc1c[nH]c2ccccc12)C(N)=O.O=C(O)c1cc2ccccc2c(Cc2c(O)c(C(=O)O)cc3ccccc23)c1O. The van der Waals surface area contributed by atoms with E-state index in [1.807, 2.05) is 78.9 Å². The van der Waals surface area contributed by atoms with Crippen LogP contribution in [-0.2, 0) is 70.5 Å². The van der Waals surface area contributed by atoms with Crippen LogP contribution in [0.2, 0.25) is 0 Å². The van der Waals surface area contributed by atoms with E-state index in [2.05, 4.69) is 72.4 Å². The van der Waals surface area contributed by atoms with E-state index in [9.17, 15) is 73.5 Å². The fourth-order valence-electron chi connectivity index (χ4n) is 12.8. The lowest BCUT2D eigenvalue weighted by atomic mass is 9.90. The number of hydrogen-bond donors (Lipinski definition) is 19. The number of nitrogens with two attached hydrogens (primary N) is 3. The van der Waals surface area contributed by atoms with Crippen LogP contribution in [-0.4, -0.2) is 161 Å². The predicted octanol–water partition coefficient (Wildman–Crippen LogP) is 5.87. The normalized spacial score (nSPS) is 13.5. The second kappa shape index (κ2) is 38.1. The summed E-state index contributed by atoms with van der Waals surface area (Å²) in [4.78, 5) is 141. The van der Waals surface area contributed by atoms with Crippen LogP contribution >= 0.6 is 25.3 Å². The molecular formula is C80H88N12O15S2. The Morgan fingerprint density at radius 3 is 1.32 bits per heavy atom. The number of unbranched alkanes of at least 4 members (excludes halogenated alkanes) is 1. The van der Waals surface area contributed by atoms with Gasteiger partial charge < -0.3 is 89.9 Å². The van der Waals surface area contributed by atoms with Crippen molar-refractivity contribution in [2.75, 3.05) is 18.1 Å². The number of aromatic hydroxyl groups is 3. The first kappa shape index (κ1) is 81.2. The van der Waals surface area contributed by atoms with Crippen LogP contribution in [0.5, 0.6) is 17.2 Å². The lowest BCUT2D eigenvalue weighted by molar-refractivity contribution is -0.136. The summed E-state index contributed by atoms with van der Waals surface area (Å²) in [5.74, 6) is -10.3. The fourth-order valence-corrected chi connectivity index (χ4v) is 13.3. The molecule has 27 nitrogen and oxygen atoms in total. The third kappa shape index (κ3) is 21.0. The highest BCUT2D eigenvalue weighted by atomic mass is 32.1. The van der Waals surface area contributed by atoms with Crippen molar-refractivity contribution in [2.45, 2.75) is 114 Å². The Bertz CT molecular complexity index is 4860. The maximum absolute atomic E-state index is 14.8. The number of carbonyl (C=O) groups excluding carboxylic acids is 8. The second-order valence-electron chi connectivity index (χ2n) is 26.7. The van der Waals surface area contributed by atoms with Crippen LogP contribution in [0.3, 0.4) is 0 Å². The fraction of sp³-hybridized carbons (Fsp3) is 0.275. The van der Waals surface area contributed by atoms with Gasteiger partial charge in [-0.1, -0.05) is 141 Å². The molecule has 10 aromatic rings. The van der Waals surface area contributed by atoms with E-state index >= 15 is 0 Å². The minimum atomic E-state index is -1.39. The zero-order valence-electron chi connectivity index (χ0n) is 59.7. The molecule has 0 radical (unpaired) electrons. The van der Waals surface area contributed by atoms with Crippen LogP contribution in [0.25, 0.3) is 43.4 Å². The summed E-state index contributed by atoms with van der Waals surface area (Å²) in [5, 5.41) is 73.5. The number of phenols is 3. The Balaban J connectivity index is 0.000000390. The van der Waals surface area contributed by atoms with Crippen molar-refractivity contribution in [3.05, 3.63) is 221 Å². The van der Waals surface area contributed by atoms with Crippen molar-refractivity contribution in [3.8, 4) is 17.2 Å². The minimum Gasteiger partial charge on any atom is -0.508 e. The van der Waals surface area contributed by atoms with Crippen molar-refractivity contribution in [1.82, 2.24) is 47.2 Å². The predicted molar refractivity (Wildman–Crippen MR) is 420 cm³/mol. The van der Waals surface area contributed by atoms with Gasteiger partial charge in [-0.15, -0.1) is 0 Å². The number of aromatic nitrogens is 2. The molecule has 8 aromatic carbocycles. The zero-order chi connectivity index (χ0) is 78.6. The topological polar surface area (TPSA) is 466 Å². The number of phenolic OH excluding ortho intramolecular Hbond substituents is 1. The molecule has 0 unspecified atom stereocenters. The lowest BCUT2D eigenvalue weighted by Crippen LogP contribution is -2.61. The molecule has 8 atom stereocenters. The van der Waals surface area contributed by atoms with E-state index in [1.54, 1.807) is 86.9 Å². The number of aromatic carboxylic acids is 2. The van der Waals surface area contributed by atoms with Gasteiger partial charge in [0.1, 0.15) is 70.7 Å². The summed E-state index contributed by atoms with van der Waals surface area (Å²) >= 11 is 8.65. The van der Waals surface area contributed by atoms with Gasteiger partial charge in [-0.2, -0.15) is 25.3 Å². The van der Waals surface area contributed by atoms with Gasteiger partial charge in [0, 0.05) is 82.5 Å². The lowest BCUT2D eigenvalue weighted by Gasteiger charge is -2.29. The number of fused-ring (bicyclic) bond motifs is 4. The highest BCUT2D eigenvalue weighted by Gasteiger charge is 2.36. The van der Waals surface area contributed by atoms with E-state index in [0.717, 1.165) is 32.9 Å². The molecule has 0 aliphatic rings.